The lowest BCUT2D eigenvalue weighted by Crippen LogP contribution is -2.48. The van der Waals surface area contributed by atoms with Crippen LogP contribution in [0.3, 0.4) is 0 Å². The summed E-state index contributed by atoms with van der Waals surface area (Å²) in [6, 6.07) is 14.0. The van der Waals surface area contributed by atoms with Crippen LogP contribution in [0.4, 0.5) is 10.5 Å². The number of aryl methyl sites for hydroxylation is 1. The molecule has 37 heavy (non-hydrogen) atoms. The molecule has 0 radical (unpaired) electrons. The fourth-order valence-corrected chi connectivity index (χ4v) is 5.89. The van der Waals surface area contributed by atoms with Crippen molar-refractivity contribution < 1.29 is 19.0 Å². The number of ether oxygens (including phenoxy) is 3. The number of rotatable bonds is 4. The van der Waals surface area contributed by atoms with E-state index in [9.17, 15) is 9.59 Å². The van der Waals surface area contributed by atoms with Crippen molar-refractivity contribution in [2.75, 3.05) is 25.6 Å². The number of carbonyl (C=O) groups excluding carboxylic acids is 1. The molecule has 2 atom stereocenters. The van der Waals surface area contributed by atoms with Crippen LogP contribution in [-0.4, -0.2) is 48.1 Å². The van der Waals surface area contributed by atoms with Gasteiger partial charge < -0.3 is 23.8 Å². The Bertz CT molecular complexity index is 1660. The predicted molar refractivity (Wildman–Crippen MR) is 144 cm³/mol. The fourth-order valence-electron chi connectivity index (χ4n) is 5.89. The molecule has 2 aliphatic rings. The zero-order valence-corrected chi connectivity index (χ0v) is 22.0. The zero-order valence-electron chi connectivity index (χ0n) is 22.0. The van der Waals surface area contributed by atoms with Gasteiger partial charge in [-0.25, -0.2) is 9.80 Å². The molecule has 192 valence electrons. The van der Waals surface area contributed by atoms with Crippen LogP contribution in [0.1, 0.15) is 38.9 Å². The number of aromatic nitrogens is 1. The predicted octanol–water partition coefficient (Wildman–Crippen LogP) is 5.29. The highest BCUT2D eigenvalue weighted by molar-refractivity contribution is 6.06. The van der Waals surface area contributed by atoms with Crippen molar-refractivity contribution in [1.82, 2.24) is 9.58 Å². The first-order valence-electron chi connectivity index (χ1n) is 12.7. The van der Waals surface area contributed by atoms with Crippen molar-refractivity contribution >= 4 is 44.4 Å². The number of pyridine rings is 1. The molecule has 3 heterocycles. The van der Waals surface area contributed by atoms with Gasteiger partial charge in [-0.15, -0.1) is 0 Å². The highest BCUT2D eigenvalue weighted by atomic mass is 16.8. The van der Waals surface area contributed by atoms with E-state index in [2.05, 4.69) is 11.9 Å². The maximum absolute atomic E-state index is 14.4. The molecule has 1 fully saturated rings. The number of hydrogen-bond donors (Lipinski definition) is 0. The Kier molecular flexibility index (Phi) is 5.18. The number of fused-ring (bicyclic) bond motifs is 7. The van der Waals surface area contributed by atoms with Crippen LogP contribution in [0.5, 0.6) is 5.75 Å². The molecule has 0 saturated carbocycles. The van der Waals surface area contributed by atoms with Crippen molar-refractivity contribution in [2.24, 2.45) is 7.05 Å². The summed E-state index contributed by atoms with van der Waals surface area (Å²) in [5.74, 6) is 0.588. The van der Waals surface area contributed by atoms with E-state index in [1.807, 2.05) is 87.0 Å². The lowest BCUT2D eigenvalue weighted by atomic mass is 9.86. The first-order valence-corrected chi connectivity index (χ1v) is 12.7. The zero-order chi connectivity index (χ0) is 26.2. The number of anilines is 1. The second kappa shape index (κ2) is 8.11. The highest BCUT2D eigenvalue weighted by Crippen LogP contribution is 2.51. The van der Waals surface area contributed by atoms with E-state index in [4.69, 9.17) is 14.2 Å². The van der Waals surface area contributed by atoms with E-state index < -0.39 is 24.0 Å². The Hall–Kier alpha value is -3.78. The number of benzene rings is 3. The van der Waals surface area contributed by atoms with Crippen LogP contribution >= 0.6 is 0 Å². The van der Waals surface area contributed by atoms with Gasteiger partial charge in [0.2, 0.25) is 0 Å². The van der Waals surface area contributed by atoms with Crippen molar-refractivity contribution in [3.8, 4) is 5.75 Å². The molecule has 1 saturated heterocycles. The summed E-state index contributed by atoms with van der Waals surface area (Å²) < 4.78 is 19.8. The van der Waals surface area contributed by atoms with E-state index in [0.717, 1.165) is 28.4 Å². The summed E-state index contributed by atoms with van der Waals surface area (Å²) in [6.07, 6.45) is -1.16. The number of hydrazine groups is 1. The second-order valence-corrected chi connectivity index (χ2v) is 10.6. The maximum Gasteiger partial charge on any atom is 0.509 e. The number of nitrogens with zero attached hydrogens (tertiary/aromatic N) is 3. The lowest BCUT2D eigenvalue weighted by molar-refractivity contribution is -0.0498. The van der Waals surface area contributed by atoms with Crippen molar-refractivity contribution in [2.45, 2.75) is 45.0 Å². The molecule has 1 aromatic heterocycles. The molecular formula is C29H31N3O5. The van der Waals surface area contributed by atoms with Gasteiger partial charge in [-0.1, -0.05) is 31.2 Å². The first kappa shape index (κ1) is 23.6. The van der Waals surface area contributed by atoms with E-state index >= 15 is 0 Å². The van der Waals surface area contributed by atoms with Gasteiger partial charge in [0.05, 0.1) is 27.7 Å². The molecule has 8 nitrogen and oxygen atoms in total. The normalized spacial score (nSPS) is 20.0. The average Bonchev–Trinajstić information content (AvgIpc) is 3.26. The summed E-state index contributed by atoms with van der Waals surface area (Å²) in [4.78, 5) is 26.7. The van der Waals surface area contributed by atoms with Crippen molar-refractivity contribution in [1.29, 1.82) is 0 Å². The lowest BCUT2D eigenvalue weighted by Gasteiger charge is -2.40. The van der Waals surface area contributed by atoms with Crippen molar-refractivity contribution in [3.05, 3.63) is 58.3 Å². The Balaban J connectivity index is 1.81. The van der Waals surface area contributed by atoms with Crippen LogP contribution in [0, 0.1) is 0 Å². The van der Waals surface area contributed by atoms with Crippen LogP contribution < -0.4 is 15.2 Å². The fraction of sp³-hybridized carbons (Fsp3) is 0.379. The largest absolute Gasteiger partial charge is 0.509 e. The maximum atomic E-state index is 14.4. The van der Waals surface area contributed by atoms with Gasteiger partial charge in [-0.2, -0.15) is 0 Å². The Labute approximate surface area is 214 Å². The Morgan fingerprint density at radius 1 is 1.03 bits per heavy atom. The van der Waals surface area contributed by atoms with Gasteiger partial charge in [0.15, 0.2) is 17.6 Å². The van der Waals surface area contributed by atoms with Crippen molar-refractivity contribution in [3.63, 3.8) is 0 Å². The molecule has 0 bridgehead atoms. The van der Waals surface area contributed by atoms with Gasteiger partial charge in [-0.05, 0) is 43.2 Å². The Morgan fingerprint density at radius 3 is 2.41 bits per heavy atom. The third-order valence-corrected chi connectivity index (χ3v) is 7.57. The topological polar surface area (TPSA) is 73.2 Å². The molecule has 0 N–H and O–H groups in total. The van der Waals surface area contributed by atoms with Crippen LogP contribution in [0.25, 0.3) is 32.6 Å². The number of carbonyl (C=O) groups is 1. The van der Waals surface area contributed by atoms with Gasteiger partial charge in [0.25, 0.3) is 0 Å². The first-order chi connectivity index (χ1) is 17.6. The second-order valence-electron chi connectivity index (χ2n) is 10.6. The molecule has 6 rings (SSSR count). The minimum absolute atomic E-state index is 0.0683. The summed E-state index contributed by atoms with van der Waals surface area (Å²) >= 11 is 0. The average molecular weight is 502 g/mol. The van der Waals surface area contributed by atoms with E-state index in [0.29, 0.717) is 34.1 Å². The SMILES string of the molecule is CCCN(c1cc2c(c3c1c(=O)c1cc4ccccc4cc1n3C)C1OC(=O)OC1C(C)(C)O2)N(C)C. The molecule has 0 amide bonds. The van der Waals surface area contributed by atoms with E-state index in [1.54, 1.807) is 0 Å². The van der Waals surface area contributed by atoms with Gasteiger partial charge in [0, 0.05) is 39.1 Å². The van der Waals surface area contributed by atoms with Crippen LogP contribution in [-0.2, 0) is 16.5 Å². The standard InChI is InChI=1S/C29H31N3O5/c1-7-12-32(30(4)5)20-15-21-23(26-27(29(2,3)37-21)36-28(34)35-26)24-22(20)25(33)18-13-16-10-8-9-11-17(16)14-19(18)31(24)6/h8-11,13-15,26-27H,7,12H2,1-6H3. The molecule has 0 aliphatic carbocycles. The van der Waals surface area contributed by atoms with Gasteiger partial charge in [-0.3, -0.25) is 4.79 Å². The minimum Gasteiger partial charge on any atom is -0.483 e. The van der Waals surface area contributed by atoms with Crippen LogP contribution in [0.15, 0.2) is 47.3 Å². The summed E-state index contributed by atoms with van der Waals surface area (Å²) in [6.45, 7) is 6.60. The Morgan fingerprint density at radius 2 is 1.73 bits per heavy atom. The molecule has 0 spiro atoms. The van der Waals surface area contributed by atoms with Crippen LogP contribution in [0.2, 0.25) is 0 Å². The highest BCUT2D eigenvalue weighted by Gasteiger charge is 2.54. The molecule has 2 unspecified atom stereocenters. The third kappa shape index (κ3) is 3.39. The summed E-state index contributed by atoms with van der Waals surface area (Å²) in [5.41, 5.74) is 2.03. The summed E-state index contributed by atoms with van der Waals surface area (Å²) in [7, 11) is 5.88. The molecular weight excluding hydrogens is 470 g/mol. The molecule has 4 aromatic rings. The monoisotopic (exact) mass is 501 g/mol. The minimum atomic E-state index is -0.811. The molecule has 3 aromatic carbocycles. The van der Waals surface area contributed by atoms with Gasteiger partial charge >= 0.3 is 6.16 Å². The quantitative estimate of drug-likeness (QED) is 0.214. The third-order valence-electron chi connectivity index (χ3n) is 7.57. The van der Waals surface area contributed by atoms with Gasteiger partial charge in [0.1, 0.15) is 11.4 Å². The molecule has 2 aliphatic heterocycles. The number of hydrogen-bond acceptors (Lipinski definition) is 7. The van der Waals surface area contributed by atoms with E-state index in [-0.39, 0.29) is 5.43 Å². The van der Waals surface area contributed by atoms with E-state index in [1.165, 1.54) is 0 Å². The molecule has 8 heteroatoms. The summed E-state index contributed by atoms with van der Waals surface area (Å²) in [5, 5.41) is 7.34. The smallest absolute Gasteiger partial charge is 0.483 e.